The van der Waals surface area contributed by atoms with Crippen LogP contribution in [0.5, 0.6) is 0 Å². The Labute approximate surface area is 149 Å². The van der Waals surface area contributed by atoms with Crippen LogP contribution in [0, 0.1) is 0 Å². The van der Waals surface area contributed by atoms with Crippen LogP contribution in [-0.2, 0) is 17.8 Å². The molecule has 2 rings (SSSR count). The van der Waals surface area contributed by atoms with E-state index in [1.807, 2.05) is 49.4 Å². The van der Waals surface area contributed by atoms with E-state index in [-0.39, 0.29) is 18.7 Å². The van der Waals surface area contributed by atoms with Gasteiger partial charge >= 0.3 is 6.03 Å². The van der Waals surface area contributed by atoms with Crippen LogP contribution in [0.4, 0.5) is 10.5 Å². The molecule has 0 aliphatic heterocycles. The summed E-state index contributed by atoms with van der Waals surface area (Å²) in [6.45, 7) is 3.07. The fourth-order valence-corrected chi connectivity index (χ4v) is 2.42. The van der Waals surface area contributed by atoms with Crippen LogP contribution < -0.4 is 10.6 Å². The molecule has 0 saturated carbocycles. The molecule has 134 valence electrons. The predicted molar refractivity (Wildman–Crippen MR) is 99.6 cm³/mol. The molecule has 0 aromatic heterocycles. The molecule has 1 atom stereocenters. The zero-order chi connectivity index (χ0) is 17.9. The molecule has 0 unspecified atom stereocenters. The SMILES string of the molecule is C[C@H](CCO)NC(=O)Nc1cccc(COCCc2ccccc2)c1. The average molecular weight is 342 g/mol. The van der Waals surface area contributed by atoms with Crippen LogP contribution in [0.3, 0.4) is 0 Å². The zero-order valence-electron chi connectivity index (χ0n) is 14.6. The smallest absolute Gasteiger partial charge is 0.319 e. The topological polar surface area (TPSA) is 70.6 Å². The van der Waals surface area contributed by atoms with E-state index in [9.17, 15) is 4.79 Å². The highest BCUT2D eigenvalue weighted by molar-refractivity contribution is 5.89. The monoisotopic (exact) mass is 342 g/mol. The molecule has 0 radical (unpaired) electrons. The summed E-state index contributed by atoms with van der Waals surface area (Å²) < 4.78 is 5.72. The molecule has 0 aliphatic rings. The minimum atomic E-state index is -0.275. The molecule has 25 heavy (non-hydrogen) atoms. The number of carbonyl (C=O) groups is 1. The van der Waals surface area contributed by atoms with Gasteiger partial charge in [0.15, 0.2) is 0 Å². The third-order valence-electron chi connectivity index (χ3n) is 3.77. The molecule has 0 saturated heterocycles. The minimum Gasteiger partial charge on any atom is -0.396 e. The summed E-state index contributed by atoms with van der Waals surface area (Å²) in [4.78, 5) is 11.9. The van der Waals surface area contributed by atoms with Gasteiger partial charge in [0.25, 0.3) is 0 Å². The number of aliphatic hydroxyl groups excluding tert-OH is 1. The molecular weight excluding hydrogens is 316 g/mol. The molecule has 5 nitrogen and oxygen atoms in total. The molecule has 2 aromatic carbocycles. The number of carbonyl (C=O) groups excluding carboxylic acids is 1. The van der Waals surface area contributed by atoms with Crippen molar-refractivity contribution in [2.75, 3.05) is 18.5 Å². The second-order valence-corrected chi connectivity index (χ2v) is 6.00. The summed E-state index contributed by atoms with van der Waals surface area (Å²) in [6, 6.07) is 17.5. The Morgan fingerprint density at radius 1 is 1.12 bits per heavy atom. The van der Waals surface area contributed by atoms with E-state index in [0.717, 1.165) is 17.7 Å². The van der Waals surface area contributed by atoms with Gasteiger partial charge in [0, 0.05) is 18.3 Å². The van der Waals surface area contributed by atoms with Crippen LogP contribution in [0.25, 0.3) is 0 Å². The van der Waals surface area contributed by atoms with Gasteiger partial charge in [-0.05, 0) is 43.0 Å². The largest absolute Gasteiger partial charge is 0.396 e. The average Bonchev–Trinajstić information content (AvgIpc) is 2.60. The summed E-state index contributed by atoms with van der Waals surface area (Å²) in [5, 5.41) is 14.4. The van der Waals surface area contributed by atoms with Gasteiger partial charge < -0.3 is 20.5 Å². The number of aliphatic hydroxyl groups is 1. The quantitative estimate of drug-likeness (QED) is 0.612. The maximum absolute atomic E-state index is 11.9. The van der Waals surface area contributed by atoms with Crippen molar-refractivity contribution < 1.29 is 14.6 Å². The lowest BCUT2D eigenvalue weighted by Gasteiger charge is -2.14. The van der Waals surface area contributed by atoms with Gasteiger partial charge in [0.1, 0.15) is 0 Å². The maximum atomic E-state index is 11.9. The van der Waals surface area contributed by atoms with Crippen molar-refractivity contribution in [1.29, 1.82) is 0 Å². The van der Waals surface area contributed by atoms with E-state index in [1.165, 1.54) is 5.56 Å². The maximum Gasteiger partial charge on any atom is 0.319 e. The fraction of sp³-hybridized carbons (Fsp3) is 0.350. The Morgan fingerprint density at radius 3 is 2.64 bits per heavy atom. The third kappa shape index (κ3) is 7.37. The first-order valence-corrected chi connectivity index (χ1v) is 8.56. The second kappa shape index (κ2) is 10.5. The van der Waals surface area contributed by atoms with Gasteiger partial charge in [-0.3, -0.25) is 0 Å². The van der Waals surface area contributed by atoms with E-state index in [0.29, 0.717) is 19.6 Å². The molecule has 0 aliphatic carbocycles. The highest BCUT2D eigenvalue weighted by atomic mass is 16.5. The lowest BCUT2D eigenvalue weighted by molar-refractivity contribution is 0.124. The molecule has 0 spiro atoms. The van der Waals surface area contributed by atoms with Crippen molar-refractivity contribution >= 4 is 11.7 Å². The first-order valence-electron chi connectivity index (χ1n) is 8.56. The molecule has 2 amide bonds. The number of hydrogen-bond donors (Lipinski definition) is 3. The van der Waals surface area contributed by atoms with Gasteiger partial charge in [-0.15, -0.1) is 0 Å². The normalized spacial score (nSPS) is 11.8. The van der Waals surface area contributed by atoms with Crippen molar-refractivity contribution in [3.8, 4) is 0 Å². The first-order chi connectivity index (χ1) is 12.2. The summed E-state index contributed by atoms with van der Waals surface area (Å²) in [5.74, 6) is 0. The van der Waals surface area contributed by atoms with Crippen LogP contribution in [0.2, 0.25) is 0 Å². The number of rotatable bonds is 9. The van der Waals surface area contributed by atoms with Gasteiger partial charge in [-0.1, -0.05) is 42.5 Å². The molecule has 0 heterocycles. The van der Waals surface area contributed by atoms with Crippen molar-refractivity contribution in [2.45, 2.75) is 32.4 Å². The number of benzene rings is 2. The van der Waals surface area contributed by atoms with Gasteiger partial charge in [-0.2, -0.15) is 0 Å². The number of anilines is 1. The lowest BCUT2D eigenvalue weighted by Crippen LogP contribution is -2.36. The van der Waals surface area contributed by atoms with E-state index in [4.69, 9.17) is 9.84 Å². The van der Waals surface area contributed by atoms with Crippen molar-refractivity contribution in [3.05, 3.63) is 65.7 Å². The van der Waals surface area contributed by atoms with Crippen LogP contribution in [-0.4, -0.2) is 30.4 Å². The van der Waals surface area contributed by atoms with Gasteiger partial charge in [-0.25, -0.2) is 4.79 Å². The molecule has 2 aromatic rings. The third-order valence-corrected chi connectivity index (χ3v) is 3.77. The summed E-state index contributed by atoms with van der Waals surface area (Å²) in [6.07, 6.45) is 1.41. The van der Waals surface area contributed by atoms with Crippen molar-refractivity contribution in [3.63, 3.8) is 0 Å². The summed E-state index contributed by atoms with van der Waals surface area (Å²) in [5.41, 5.74) is 2.98. The Bertz CT molecular complexity index is 646. The molecule has 0 bridgehead atoms. The van der Waals surface area contributed by atoms with Crippen molar-refractivity contribution in [2.24, 2.45) is 0 Å². The Morgan fingerprint density at radius 2 is 1.88 bits per heavy atom. The van der Waals surface area contributed by atoms with Crippen LogP contribution in [0.15, 0.2) is 54.6 Å². The zero-order valence-corrected chi connectivity index (χ0v) is 14.6. The van der Waals surface area contributed by atoms with E-state index >= 15 is 0 Å². The fourth-order valence-electron chi connectivity index (χ4n) is 2.42. The van der Waals surface area contributed by atoms with Gasteiger partial charge in [0.05, 0.1) is 13.2 Å². The number of hydrogen-bond acceptors (Lipinski definition) is 3. The Hall–Kier alpha value is -2.37. The van der Waals surface area contributed by atoms with Crippen molar-refractivity contribution in [1.82, 2.24) is 5.32 Å². The number of ether oxygens (including phenoxy) is 1. The summed E-state index contributed by atoms with van der Waals surface area (Å²) >= 11 is 0. The molecular formula is C20H26N2O3. The lowest BCUT2D eigenvalue weighted by atomic mass is 10.2. The standard InChI is InChI=1S/C20H26N2O3/c1-16(10-12-23)21-20(24)22-19-9-5-8-18(14-19)15-25-13-11-17-6-3-2-4-7-17/h2-9,14,16,23H,10-13,15H2,1H3,(H2,21,22,24)/t16-/m1/s1. The first kappa shape index (κ1) is 19.0. The number of amides is 2. The van der Waals surface area contributed by atoms with Crippen LogP contribution in [0.1, 0.15) is 24.5 Å². The highest BCUT2D eigenvalue weighted by Crippen LogP contribution is 2.12. The van der Waals surface area contributed by atoms with E-state index in [2.05, 4.69) is 22.8 Å². The molecule has 3 N–H and O–H groups in total. The minimum absolute atomic E-state index is 0.0528. The number of urea groups is 1. The van der Waals surface area contributed by atoms with E-state index in [1.54, 1.807) is 0 Å². The predicted octanol–water partition coefficient (Wildman–Crippen LogP) is 3.34. The van der Waals surface area contributed by atoms with Crippen LogP contribution >= 0.6 is 0 Å². The Kier molecular flexibility index (Phi) is 7.95. The molecule has 0 fully saturated rings. The number of nitrogens with one attached hydrogen (secondary N) is 2. The highest BCUT2D eigenvalue weighted by Gasteiger charge is 2.07. The Balaban J connectivity index is 1.75. The molecule has 5 heteroatoms. The van der Waals surface area contributed by atoms with E-state index < -0.39 is 0 Å². The van der Waals surface area contributed by atoms with Gasteiger partial charge in [0.2, 0.25) is 0 Å². The second-order valence-electron chi connectivity index (χ2n) is 6.00. The summed E-state index contributed by atoms with van der Waals surface area (Å²) in [7, 11) is 0.